The van der Waals surface area contributed by atoms with Crippen molar-refractivity contribution in [2.24, 2.45) is 11.3 Å². The summed E-state index contributed by atoms with van der Waals surface area (Å²) in [5, 5.41) is 5.12. The van der Waals surface area contributed by atoms with Gasteiger partial charge in [0.15, 0.2) is 0 Å². The summed E-state index contributed by atoms with van der Waals surface area (Å²) in [4.78, 5) is 1.48. The molecule has 2 aromatic rings. The Bertz CT molecular complexity index is 577. The quantitative estimate of drug-likeness (QED) is 0.779. The molecule has 0 fully saturated rings. The fourth-order valence-electron chi connectivity index (χ4n) is 2.36. The standard InChI is InChI=1S/C18H27NS/c1-12(18(4,5)6)11-19-14(3)17-13(2)15-9-7-8-10-16(15)20-17/h7-10,12,14,19H,11H2,1-6H3. The van der Waals surface area contributed by atoms with Crippen molar-refractivity contribution in [2.45, 2.75) is 47.6 Å². The van der Waals surface area contributed by atoms with Crippen molar-refractivity contribution in [3.63, 3.8) is 0 Å². The average molecular weight is 289 g/mol. The number of fused-ring (bicyclic) bond motifs is 1. The van der Waals surface area contributed by atoms with Gasteiger partial charge in [-0.1, -0.05) is 45.9 Å². The first-order chi connectivity index (χ1) is 9.30. The average Bonchev–Trinajstić information content (AvgIpc) is 2.72. The Morgan fingerprint density at radius 3 is 2.40 bits per heavy atom. The number of thiophene rings is 1. The summed E-state index contributed by atoms with van der Waals surface area (Å²) in [6.07, 6.45) is 0. The molecule has 0 spiro atoms. The van der Waals surface area contributed by atoms with Crippen LogP contribution in [0.4, 0.5) is 0 Å². The van der Waals surface area contributed by atoms with Gasteiger partial charge in [-0.15, -0.1) is 11.3 Å². The van der Waals surface area contributed by atoms with E-state index < -0.39 is 0 Å². The van der Waals surface area contributed by atoms with Crippen LogP contribution in [0.1, 0.15) is 51.1 Å². The number of aryl methyl sites for hydroxylation is 1. The van der Waals surface area contributed by atoms with Crippen LogP contribution >= 0.6 is 11.3 Å². The van der Waals surface area contributed by atoms with Crippen molar-refractivity contribution in [1.82, 2.24) is 5.32 Å². The summed E-state index contributed by atoms with van der Waals surface area (Å²) in [6, 6.07) is 9.14. The maximum absolute atomic E-state index is 3.72. The van der Waals surface area contributed by atoms with Gasteiger partial charge in [0.2, 0.25) is 0 Å². The van der Waals surface area contributed by atoms with Crippen molar-refractivity contribution in [1.29, 1.82) is 0 Å². The van der Waals surface area contributed by atoms with Gasteiger partial charge in [0.05, 0.1) is 0 Å². The maximum atomic E-state index is 3.72. The lowest BCUT2D eigenvalue weighted by Crippen LogP contribution is -2.31. The molecule has 2 rings (SSSR count). The summed E-state index contributed by atoms with van der Waals surface area (Å²) in [5.74, 6) is 0.666. The Balaban J connectivity index is 2.12. The molecular weight excluding hydrogens is 262 g/mol. The lowest BCUT2D eigenvalue weighted by Gasteiger charge is -2.28. The molecule has 0 aliphatic carbocycles. The number of nitrogens with one attached hydrogen (secondary N) is 1. The molecule has 0 saturated carbocycles. The first-order valence-corrected chi connectivity index (χ1v) is 8.33. The van der Waals surface area contributed by atoms with Crippen molar-refractivity contribution in [2.75, 3.05) is 6.54 Å². The number of rotatable bonds is 4. The molecule has 0 aliphatic rings. The van der Waals surface area contributed by atoms with Gasteiger partial charge in [0.25, 0.3) is 0 Å². The van der Waals surface area contributed by atoms with Crippen LogP contribution in [-0.2, 0) is 0 Å². The van der Waals surface area contributed by atoms with E-state index >= 15 is 0 Å². The summed E-state index contributed by atoms with van der Waals surface area (Å²) in [5.41, 5.74) is 1.80. The highest BCUT2D eigenvalue weighted by molar-refractivity contribution is 7.19. The third kappa shape index (κ3) is 3.24. The van der Waals surface area contributed by atoms with E-state index in [1.165, 1.54) is 20.5 Å². The molecule has 0 radical (unpaired) electrons. The minimum Gasteiger partial charge on any atom is -0.309 e. The van der Waals surface area contributed by atoms with Gasteiger partial charge in [0.1, 0.15) is 0 Å². The number of benzene rings is 1. The van der Waals surface area contributed by atoms with Gasteiger partial charge in [-0.3, -0.25) is 0 Å². The second-order valence-corrected chi connectivity index (χ2v) is 8.07. The van der Waals surface area contributed by atoms with Gasteiger partial charge in [-0.25, -0.2) is 0 Å². The van der Waals surface area contributed by atoms with Gasteiger partial charge in [-0.05, 0) is 48.7 Å². The first-order valence-electron chi connectivity index (χ1n) is 7.52. The minimum absolute atomic E-state index is 0.363. The highest BCUT2D eigenvalue weighted by Gasteiger charge is 2.21. The summed E-state index contributed by atoms with van der Waals surface area (Å²) in [6.45, 7) is 14.9. The molecule has 1 aromatic heterocycles. The SMILES string of the molecule is Cc1c(C(C)NCC(C)C(C)(C)C)sc2ccccc12. The Kier molecular flexibility index (Phi) is 4.55. The van der Waals surface area contributed by atoms with Crippen LogP contribution in [0.5, 0.6) is 0 Å². The third-order valence-corrected chi connectivity index (χ3v) is 5.94. The molecule has 2 heteroatoms. The lowest BCUT2D eigenvalue weighted by molar-refractivity contribution is 0.247. The first kappa shape index (κ1) is 15.5. The second-order valence-electron chi connectivity index (χ2n) is 6.98. The summed E-state index contributed by atoms with van der Waals surface area (Å²) >= 11 is 1.93. The Morgan fingerprint density at radius 1 is 1.15 bits per heavy atom. The predicted octanol–water partition coefficient (Wildman–Crippen LogP) is 5.54. The zero-order valence-corrected chi connectivity index (χ0v) is 14.4. The van der Waals surface area contributed by atoms with Crippen LogP contribution in [-0.4, -0.2) is 6.54 Å². The zero-order valence-electron chi connectivity index (χ0n) is 13.6. The highest BCUT2D eigenvalue weighted by Crippen LogP contribution is 2.34. The molecule has 1 heterocycles. The molecule has 2 unspecified atom stereocenters. The molecule has 1 nitrogen and oxygen atoms in total. The second kappa shape index (κ2) is 5.87. The maximum Gasteiger partial charge on any atom is 0.0389 e. The van der Waals surface area contributed by atoms with Gasteiger partial charge < -0.3 is 5.32 Å². The molecule has 110 valence electrons. The van der Waals surface area contributed by atoms with E-state index in [0.717, 1.165) is 6.54 Å². The molecule has 20 heavy (non-hydrogen) atoms. The van der Waals surface area contributed by atoms with Crippen LogP contribution in [0.25, 0.3) is 10.1 Å². The Hall–Kier alpha value is -0.860. The number of hydrogen-bond acceptors (Lipinski definition) is 2. The van der Waals surface area contributed by atoms with Crippen molar-refractivity contribution in [3.8, 4) is 0 Å². The molecule has 1 N–H and O–H groups in total. The fourth-order valence-corrected chi connectivity index (χ4v) is 3.60. The smallest absolute Gasteiger partial charge is 0.0389 e. The molecule has 0 saturated heterocycles. The summed E-state index contributed by atoms with van der Waals surface area (Å²) in [7, 11) is 0. The third-order valence-electron chi connectivity index (χ3n) is 4.48. The van der Waals surface area contributed by atoms with Crippen LogP contribution in [0.3, 0.4) is 0 Å². The van der Waals surface area contributed by atoms with E-state index in [-0.39, 0.29) is 0 Å². The fraction of sp³-hybridized carbons (Fsp3) is 0.556. The Morgan fingerprint density at radius 2 is 1.80 bits per heavy atom. The topological polar surface area (TPSA) is 12.0 Å². The van der Waals surface area contributed by atoms with E-state index in [1.807, 2.05) is 11.3 Å². The summed E-state index contributed by atoms with van der Waals surface area (Å²) < 4.78 is 1.40. The van der Waals surface area contributed by atoms with Gasteiger partial charge in [0, 0.05) is 15.6 Å². The van der Waals surface area contributed by atoms with E-state index in [4.69, 9.17) is 0 Å². The minimum atomic E-state index is 0.363. The van der Waals surface area contributed by atoms with Crippen molar-refractivity contribution < 1.29 is 0 Å². The van der Waals surface area contributed by atoms with E-state index in [0.29, 0.717) is 17.4 Å². The van der Waals surface area contributed by atoms with Crippen molar-refractivity contribution in [3.05, 3.63) is 34.7 Å². The van der Waals surface area contributed by atoms with Crippen molar-refractivity contribution >= 4 is 21.4 Å². The molecule has 1 aromatic carbocycles. The number of hydrogen-bond donors (Lipinski definition) is 1. The molecule has 0 amide bonds. The van der Waals surface area contributed by atoms with E-state index in [9.17, 15) is 0 Å². The van der Waals surface area contributed by atoms with Gasteiger partial charge >= 0.3 is 0 Å². The molecule has 0 bridgehead atoms. The highest BCUT2D eigenvalue weighted by atomic mass is 32.1. The van der Waals surface area contributed by atoms with E-state index in [1.54, 1.807) is 0 Å². The molecule has 2 atom stereocenters. The molecule has 0 aliphatic heterocycles. The van der Waals surface area contributed by atoms with Gasteiger partial charge in [-0.2, -0.15) is 0 Å². The van der Waals surface area contributed by atoms with Crippen LogP contribution < -0.4 is 5.32 Å². The normalized spacial score (nSPS) is 15.5. The Labute approximate surface area is 127 Å². The molecular formula is C18H27NS. The monoisotopic (exact) mass is 289 g/mol. The zero-order chi connectivity index (χ0) is 14.9. The predicted molar refractivity (Wildman–Crippen MR) is 91.6 cm³/mol. The largest absolute Gasteiger partial charge is 0.309 e. The van der Waals surface area contributed by atoms with Crippen LogP contribution in [0, 0.1) is 18.3 Å². The van der Waals surface area contributed by atoms with Crippen LogP contribution in [0.2, 0.25) is 0 Å². The van der Waals surface area contributed by atoms with E-state index in [2.05, 4.69) is 71.1 Å². The van der Waals surface area contributed by atoms with Crippen LogP contribution in [0.15, 0.2) is 24.3 Å². The lowest BCUT2D eigenvalue weighted by atomic mass is 9.82.